The van der Waals surface area contributed by atoms with E-state index in [0.29, 0.717) is 11.5 Å². The highest BCUT2D eigenvalue weighted by Crippen LogP contribution is 2.33. The highest BCUT2D eigenvalue weighted by molar-refractivity contribution is 6.13. The minimum atomic E-state index is 0.611. The van der Waals surface area contributed by atoms with Gasteiger partial charge in [0.1, 0.15) is 0 Å². The van der Waals surface area contributed by atoms with Gasteiger partial charge in [-0.15, -0.1) is 0 Å². The summed E-state index contributed by atoms with van der Waals surface area (Å²) >= 11 is 0. The maximum absolute atomic E-state index is 5.09. The Kier molecular flexibility index (Phi) is 7.78. The van der Waals surface area contributed by atoms with Crippen LogP contribution in [-0.4, -0.2) is 22.7 Å². The van der Waals surface area contributed by atoms with Crippen LogP contribution in [-0.2, 0) is 6.42 Å². The second kappa shape index (κ2) is 12.5. The molecule has 7 rings (SSSR count). The van der Waals surface area contributed by atoms with Crippen molar-refractivity contribution in [3.63, 3.8) is 0 Å². The average molecular weight is 581 g/mol. The Labute approximate surface area is 263 Å². The minimum absolute atomic E-state index is 0.611. The number of pyridine rings is 1. The van der Waals surface area contributed by atoms with E-state index in [1.54, 1.807) is 0 Å². The van der Waals surface area contributed by atoms with E-state index in [4.69, 9.17) is 20.0 Å². The van der Waals surface area contributed by atoms with Crippen LogP contribution in [0.15, 0.2) is 155 Å². The smallest absolute Gasteiger partial charge is 0.160 e. The molecule has 0 bridgehead atoms. The molecule has 0 aliphatic carbocycles. The number of nitrogens with zero attached hydrogens (tertiary/aromatic N) is 4. The van der Waals surface area contributed by atoms with Crippen LogP contribution in [0.1, 0.15) is 35.6 Å². The van der Waals surface area contributed by atoms with Crippen molar-refractivity contribution in [3.8, 4) is 22.4 Å². The molecule has 45 heavy (non-hydrogen) atoms. The molecule has 0 saturated carbocycles. The topological polar surface area (TPSA) is 50.0 Å². The average Bonchev–Trinajstić information content (AvgIpc) is 3.12. The molecule has 4 heteroatoms. The van der Waals surface area contributed by atoms with Crippen molar-refractivity contribution in [1.29, 1.82) is 0 Å². The van der Waals surface area contributed by atoms with E-state index in [2.05, 4.69) is 104 Å². The number of benzene rings is 5. The van der Waals surface area contributed by atoms with Crippen molar-refractivity contribution in [2.75, 3.05) is 0 Å². The van der Waals surface area contributed by atoms with Gasteiger partial charge in [-0.05, 0) is 59.7 Å². The Balaban J connectivity index is 1.26. The first-order valence-electron chi connectivity index (χ1n) is 15.2. The molecule has 0 fully saturated rings. The monoisotopic (exact) mass is 580 g/mol. The maximum Gasteiger partial charge on any atom is 0.160 e. The number of aromatic nitrogens is 1. The SMILES string of the molecule is C=C(N=C(N=C(C)c1cccc(-c2ccc3ccc4c(c3n2)N=CCC4)c1)c1ccc(-c2ccccc2)cc1)c1ccccc1. The number of aryl methyl sites for hydroxylation is 1. The summed E-state index contributed by atoms with van der Waals surface area (Å²) in [6, 6.07) is 45.7. The molecule has 0 amide bonds. The minimum Gasteiger partial charge on any atom is -0.259 e. The lowest BCUT2D eigenvalue weighted by atomic mass is 10.0. The molecule has 5 aromatic carbocycles. The lowest BCUT2D eigenvalue weighted by Gasteiger charge is -2.13. The first-order chi connectivity index (χ1) is 22.1. The Morgan fingerprint density at radius 2 is 1.33 bits per heavy atom. The largest absolute Gasteiger partial charge is 0.259 e. The Morgan fingerprint density at radius 3 is 2.13 bits per heavy atom. The third-order valence-corrected chi connectivity index (χ3v) is 8.13. The zero-order chi connectivity index (χ0) is 30.6. The molecule has 2 heterocycles. The van der Waals surface area contributed by atoms with Gasteiger partial charge in [0.05, 0.1) is 22.6 Å². The van der Waals surface area contributed by atoms with Gasteiger partial charge in [0, 0.05) is 28.4 Å². The van der Waals surface area contributed by atoms with Crippen molar-refractivity contribution in [2.24, 2.45) is 15.0 Å². The van der Waals surface area contributed by atoms with Gasteiger partial charge in [-0.3, -0.25) is 4.99 Å². The zero-order valence-corrected chi connectivity index (χ0v) is 25.2. The van der Waals surface area contributed by atoms with Gasteiger partial charge >= 0.3 is 0 Å². The summed E-state index contributed by atoms with van der Waals surface area (Å²) in [5, 5.41) is 1.10. The van der Waals surface area contributed by atoms with Crippen molar-refractivity contribution in [3.05, 3.63) is 162 Å². The number of hydrogen-bond acceptors (Lipinski definition) is 3. The van der Waals surface area contributed by atoms with E-state index in [0.717, 1.165) is 68.7 Å². The van der Waals surface area contributed by atoms with Crippen LogP contribution in [0.5, 0.6) is 0 Å². The summed E-state index contributed by atoms with van der Waals surface area (Å²) in [6.07, 6.45) is 3.97. The molecule has 1 aliphatic heterocycles. The number of amidine groups is 1. The molecular formula is C41H32N4. The molecule has 1 aliphatic rings. The summed E-state index contributed by atoms with van der Waals surface area (Å²) in [4.78, 5) is 19.8. The molecule has 0 saturated heterocycles. The lowest BCUT2D eigenvalue weighted by Crippen LogP contribution is -2.04. The molecular weight excluding hydrogens is 548 g/mol. The highest BCUT2D eigenvalue weighted by atomic mass is 14.9. The van der Waals surface area contributed by atoms with E-state index in [-0.39, 0.29) is 0 Å². The molecule has 0 spiro atoms. The highest BCUT2D eigenvalue weighted by Gasteiger charge is 2.13. The van der Waals surface area contributed by atoms with Gasteiger partial charge in [0.2, 0.25) is 0 Å². The normalized spacial score (nSPS) is 13.1. The van der Waals surface area contributed by atoms with E-state index >= 15 is 0 Å². The quantitative estimate of drug-likeness (QED) is 0.143. The van der Waals surface area contributed by atoms with Gasteiger partial charge in [-0.25, -0.2) is 15.0 Å². The first-order valence-corrected chi connectivity index (χ1v) is 15.2. The second-order valence-electron chi connectivity index (χ2n) is 11.2. The molecule has 4 nitrogen and oxygen atoms in total. The van der Waals surface area contributed by atoms with Gasteiger partial charge in [0.25, 0.3) is 0 Å². The Hall–Kier alpha value is -5.74. The van der Waals surface area contributed by atoms with Gasteiger partial charge in [0.15, 0.2) is 5.84 Å². The molecule has 0 unspecified atom stereocenters. The number of fused-ring (bicyclic) bond motifs is 3. The summed E-state index contributed by atoms with van der Waals surface area (Å²) in [6.45, 7) is 6.29. The Bertz CT molecular complexity index is 2110. The predicted molar refractivity (Wildman–Crippen MR) is 190 cm³/mol. The lowest BCUT2D eigenvalue weighted by molar-refractivity contribution is 1.03. The molecule has 0 atom stereocenters. The third-order valence-electron chi connectivity index (χ3n) is 8.13. The number of rotatable bonds is 6. The predicted octanol–water partition coefficient (Wildman–Crippen LogP) is 10.1. The van der Waals surface area contributed by atoms with Crippen LogP contribution in [0, 0.1) is 0 Å². The van der Waals surface area contributed by atoms with Crippen molar-refractivity contribution < 1.29 is 0 Å². The summed E-state index contributed by atoms with van der Waals surface area (Å²) in [5.41, 5.74) is 11.8. The number of aliphatic imine (C=N–C) groups is 3. The van der Waals surface area contributed by atoms with Crippen LogP contribution in [0.3, 0.4) is 0 Å². The van der Waals surface area contributed by atoms with Crippen LogP contribution in [0.25, 0.3) is 39.0 Å². The standard InChI is InChI=1S/C41H32N4/c1-28(30-11-5-3-6-12-30)43-41(35-22-18-32(19-23-35)31-13-7-4-8-14-31)44-29(2)36-15-9-16-37(27-36)38-25-24-34-21-20-33-17-10-26-42-39(33)40(34)45-38/h3-9,11-16,18-27H,1,10,17H2,2H3. The van der Waals surface area contributed by atoms with Crippen molar-refractivity contribution in [2.45, 2.75) is 19.8 Å². The molecule has 0 N–H and O–H groups in total. The molecule has 1 aromatic heterocycles. The van der Waals surface area contributed by atoms with E-state index in [1.165, 1.54) is 11.1 Å². The van der Waals surface area contributed by atoms with Crippen LogP contribution in [0.2, 0.25) is 0 Å². The van der Waals surface area contributed by atoms with E-state index in [9.17, 15) is 0 Å². The van der Waals surface area contributed by atoms with Crippen LogP contribution >= 0.6 is 0 Å². The Morgan fingerprint density at radius 1 is 0.644 bits per heavy atom. The third kappa shape index (κ3) is 6.04. The van der Waals surface area contributed by atoms with Gasteiger partial charge < -0.3 is 0 Å². The maximum atomic E-state index is 5.09. The zero-order valence-electron chi connectivity index (χ0n) is 25.2. The van der Waals surface area contributed by atoms with Crippen molar-refractivity contribution >= 4 is 40.0 Å². The molecule has 216 valence electrons. The van der Waals surface area contributed by atoms with Crippen LogP contribution < -0.4 is 0 Å². The summed E-state index contributed by atoms with van der Waals surface area (Å²) in [7, 11) is 0. The molecule has 6 aromatic rings. The number of hydrogen-bond donors (Lipinski definition) is 0. The second-order valence-corrected chi connectivity index (χ2v) is 11.2. The summed E-state index contributed by atoms with van der Waals surface area (Å²) < 4.78 is 0. The van der Waals surface area contributed by atoms with Gasteiger partial charge in [-0.2, -0.15) is 0 Å². The fourth-order valence-electron chi connectivity index (χ4n) is 5.64. The van der Waals surface area contributed by atoms with Gasteiger partial charge in [-0.1, -0.05) is 128 Å². The van der Waals surface area contributed by atoms with E-state index in [1.807, 2.05) is 49.5 Å². The van der Waals surface area contributed by atoms with E-state index < -0.39 is 0 Å². The first kappa shape index (κ1) is 28.1. The summed E-state index contributed by atoms with van der Waals surface area (Å²) in [5.74, 6) is 0.611. The van der Waals surface area contributed by atoms with Crippen molar-refractivity contribution in [1.82, 2.24) is 4.98 Å². The fourth-order valence-corrected chi connectivity index (χ4v) is 5.64. The molecule has 0 radical (unpaired) electrons. The van der Waals surface area contributed by atoms with Crippen LogP contribution in [0.4, 0.5) is 5.69 Å². The fraction of sp³-hybridized carbons (Fsp3) is 0.0732.